The zero-order valence-corrected chi connectivity index (χ0v) is 14.1. The molecule has 1 fully saturated rings. The van der Waals surface area contributed by atoms with Crippen molar-refractivity contribution < 1.29 is 19.4 Å². The van der Waals surface area contributed by atoms with Crippen LogP contribution in [0.15, 0.2) is 48.7 Å². The van der Waals surface area contributed by atoms with Crippen LogP contribution in [0.4, 0.5) is 4.79 Å². The zero-order chi connectivity index (χ0) is 17.8. The summed E-state index contributed by atoms with van der Waals surface area (Å²) in [5, 5.41) is 9.95. The van der Waals surface area contributed by atoms with Gasteiger partial charge in [-0.25, -0.2) is 4.79 Å². The van der Waals surface area contributed by atoms with Crippen molar-refractivity contribution in [2.75, 3.05) is 13.1 Å². The standard InChI is InChI=1S/C18H17ClN2O4/c19-13-6-7-16(20-8-13)14-9-21(10-15(14)17(22)23)18(24)25-11-12-4-2-1-3-5-12/h1-8,14-15H,9-11H2,(H,22,23). The molecule has 1 N–H and O–H groups in total. The molecule has 25 heavy (non-hydrogen) atoms. The predicted octanol–water partition coefficient (Wildman–Crippen LogP) is 3.17. The molecule has 6 nitrogen and oxygen atoms in total. The fourth-order valence-corrected chi connectivity index (χ4v) is 3.03. The fraction of sp³-hybridized carbons (Fsp3) is 0.278. The highest BCUT2D eigenvalue weighted by Crippen LogP contribution is 2.32. The van der Waals surface area contributed by atoms with Crippen molar-refractivity contribution >= 4 is 23.7 Å². The van der Waals surface area contributed by atoms with Crippen molar-refractivity contribution in [1.29, 1.82) is 0 Å². The molecule has 130 valence electrons. The maximum atomic E-state index is 12.3. The molecule has 2 aromatic rings. The Bertz CT molecular complexity index is 751. The van der Waals surface area contributed by atoms with Crippen LogP contribution >= 0.6 is 11.6 Å². The lowest BCUT2D eigenvalue weighted by Crippen LogP contribution is -2.30. The molecule has 1 amide bonds. The molecule has 0 aliphatic carbocycles. The van der Waals surface area contributed by atoms with Gasteiger partial charge in [0, 0.05) is 30.9 Å². The number of aliphatic carboxylic acids is 1. The van der Waals surface area contributed by atoms with Gasteiger partial charge < -0.3 is 14.7 Å². The molecule has 2 heterocycles. The van der Waals surface area contributed by atoms with Crippen molar-refractivity contribution in [2.24, 2.45) is 5.92 Å². The third-order valence-electron chi connectivity index (χ3n) is 4.23. The molecular weight excluding hydrogens is 344 g/mol. The predicted molar refractivity (Wildman–Crippen MR) is 91.3 cm³/mol. The van der Waals surface area contributed by atoms with Gasteiger partial charge in [-0.3, -0.25) is 9.78 Å². The third-order valence-corrected chi connectivity index (χ3v) is 4.45. The average Bonchev–Trinajstić information content (AvgIpc) is 3.07. The van der Waals surface area contributed by atoms with Crippen LogP contribution in [0.5, 0.6) is 0 Å². The van der Waals surface area contributed by atoms with Gasteiger partial charge in [0.2, 0.25) is 0 Å². The Balaban J connectivity index is 1.68. The van der Waals surface area contributed by atoms with Crippen molar-refractivity contribution in [3.05, 3.63) is 64.9 Å². The van der Waals surface area contributed by atoms with Crippen LogP contribution in [-0.2, 0) is 16.1 Å². The average molecular weight is 361 g/mol. The number of carbonyl (C=O) groups is 2. The zero-order valence-electron chi connectivity index (χ0n) is 13.3. The van der Waals surface area contributed by atoms with E-state index in [-0.39, 0.29) is 25.6 Å². The largest absolute Gasteiger partial charge is 0.481 e. The minimum Gasteiger partial charge on any atom is -0.481 e. The lowest BCUT2D eigenvalue weighted by Gasteiger charge is -2.16. The number of hydrogen-bond acceptors (Lipinski definition) is 4. The van der Waals surface area contributed by atoms with Crippen molar-refractivity contribution in [1.82, 2.24) is 9.88 Å². The second-order valence-electron chi connectivity index (χ2n) is 5.90. The van der Waals surface area contributed by atoms with Gasteiger partial charge in [-0.1, -0.05) is 41.9 Å². The molecule has 2 atom stereocenters. The summed E-state index contributed by atoms with van der Waals surface area (Å²) in [6.45, 7) is 0.495. The Hall–Kier alpha value is -2.60. The van der Waals surface area contributed by atoms with Crippen LogP contribution in [0.3, 0.4) is 0 Å². The van der Waals surface area contributed by atoms with Crippen LogP contribution in [-0.4, -0.2) is 40.1 Å². The van der Waals surface area contributed by atoms with Crippen LogP contribution in [0, 0.1) is 5.92 Å². The summed E-state index contributed by atoms with van der Waals surface area (Å²) in [6.07, 6.45) is 0.957. The lowest BCUT2D eigenvalue weighted by molar-refractivity contribution is -0.141. The summed E-state index contributed by atoms with van der Waals surface area (Å²) in [5.41, 5.74) is 1.48. The molecule has 0 bridgehead atoms. The molecule has 0 radical (unpaired) electrons. The molecule has 1 aliphatic rings. The number of carbonyl (C=O) groups excluding carboxylic acids is 1. The molecule has 2 unspecified atom stereocenters. The number of carboxylic acid groups (broad SMARTS) is 1. The first-order valence-electron chi connectivity index (χ1n) is 7.84. The van der Waals surface area contributed by atoms with Gasteiger partial charge in [0.05, 0.1) is 10.9 Å². The van der Waals surface area contributed by atoms with E-state index in [9.17, 15) is 14.7 Å². The fourth-order valence-electron chi connectivity index (χ4n) is 2.92. The van der Waals surface area contributed by atoms with Gasteiger partial charge >= 0.3 is 12.1 Å². The maximum absolute atomic E-state index is 12.3. The van der Waals surface area contributed by atoms with Gasteiger partial charge in [0.1, 0.15) is 6.61 Å². The number of aromatic nitrogens is 1. The van der Waals surface area contributed by atoms with Gasteiger partial charge in [-0.05, 0) is 17.7 Å². The second-order valence-corrected chi connectivity index (χ2v) is 6.33. The summed E-state index contributed by atoms with van der Waals surface area (Å²) in [4.78, 5) is 29.5. The maximum Gasteiger partial charge on any atom is 0.410 e. The molecule has 1 aliphatic heterocycles. The molecule has 0 saturated carbocycles. The number of amides is 1. The molecule has 1 saturated heterocycles. The third kappa shape index (κ3) is 4.09. The van der Waals surface area contributed by atoms with Gasteiger partial charge in [0.15, 0.2) is 0 Å². The minimum absolute atomic E-state index is 0.0952. The number of ether oxygens (including phenoxy) is 1. The highest BCUT2D eigenvalue weighted by atomic mass is 35.5. The van der Waals surface area contributed by atoms with E-state index in [4.69, 9.17) is 16.3 Å². The summed E-state index contributed by atoms with van der Waals surface area (Å²) in [5.74, 6) is -2.07. The molecule has 1 aromatic heterocycles. The smallest absolute Gasteiger partial charge is 0.410 e. The van der Waals surface area contributed by atoms with E-state index in [2.05, 4.69) is 4.98 Å². The number of pyridine rings is 1. The lowest BCUT2D eigenvalue weighted by atomic mass is 9.93. The Kier molecular flexibility index (Phi) is 5.19. The highest BCUT2D eigenvalue weighted by molar-refractivity contribution is 6.30. The van der Waals surface area contributed by atoms with E-state index in [1.54, 1.807) is 12.1 Å². The van der Waals surface area contributed by atoms with E-state index in [0.717, 1.165) is 5.56 Å². The number of carboxylic acids is 1. The van der Waals surface area contributed by atoms with E-state index >= 15 is 0 Å². The number of likely N-dealkylation sites (tertiary alicyclic amines) is 1. The summed E-state index contributed by atoms with van der Waals surface area (Å²) in [6, 6.07) is 12.7. The Morgan fingerprint density at radius 2 is 1.96 bits per heavy atom. The van der Waals surface area contributed by atoms with E-state index in [1.807, 2.05) is 30.3 Å². The van der Waals surface area contributed by atoms with Crippen LogP contribution in [0.1, 0.15) is 17.2 Å². The highest BCUT2D eigenvalue weighted by Gasteiger charge is 2.41. The molecule has 7 heteroatoms. The Morgan fingerprint density at radius 1 is 1.20 bits per heavy atom. The summed E-state index contributed by atoms with van der Waals surface area (Å²) in [7, 11) is 0. The number of benzene rings is 1. The molecular formula is C18H17ClN2O4. The Morgan fingerprint density at radius 3 is 2.60 bits per heavy atom. The SMILES string of the molecule is O=C(O)C1CN(C(=O)OCc2ccccc2)CC1c1ccc(Cl)cn1. The Labute approximate surface area is 150 Å². The van der Waals surface area contributed by atoms with Gasteiger partial charge in [-0.15, -0.1) is 0 Å². The van der Waals surface area contributed by atoms with Gasteiger partial charge in [0.25, 0.3) is 0 Å². The second kappa shape index (κ2) is 7.53. The van der Waals surface area contributed by atoms with Crippen molar-refractivity contribution in [2.45, 2.75) is 12.5 Å². The van der Waals surface area contributed by atoms with Crippen LogP contribution in [0.25, 0.3) is 0 Å². The topological polar surface area (TPSA) is 79.7 Å². The van der Waals surface area contributed by atoms with Crippen LogP contribution in [0.2, 0.25) is 5.02 Å². The monoisotopic (exact) mass is 360 g/mol. The first kappa shape index (κ1) is 17.2. The van der Waals surface area contributed by atoms with Crippen molar-refractivity contribution in [3.8, 4) is 0 Å². The van der Waals surface area contributed by atoms with Crippen molar-refractivity contribution in [3.63, 3.8) is 0 Å². The number of rotatable bonds is 4. The molecule has 1 aromatic carbocycles. The first-order valence-corrected chi connectivity index (χ1v) is 8.22. The van der Waals surface area contributed by atoms with E-state index in [0.29, 0.717) is 10.7 Å². The summed E-state index contributed by atoms with van der Waals surface area (Å²) < 4.78 is 5.30. The normalized spacial score (nSPS) is 19.6. The number of halogens is 1. The number of hydrogen-bond donors (Lipinski definition) is 1. The molecule has 3 rings (SSSR count). The van der Waals surface area contributed by atoms with Crippen LogP contribution < -0.4 is 0 Å². The molecule has 0 spiro atoms. The first-order chi connectivity index (χ1) is 12.0. The summed E-state index contributed by atoms with van der Waals surface area (Å²) >= 11 is 5.83. The number of nitrogens with zero attached hydrogens (tertiary/aromatic N) is 2. The minimum atomic E-state index is -0.958. The van der Waals surface area contributed by atoms with E-state index < -0.39 is 18.0 Å². The van der Waals surface area contributed by atoms with Gasteiger partial charge in [-0.2, -0.15) is 0 Å². The quantitative estimate of drug-likeness (QED) is 0.905. The van der Waals surface area contributed by atoms with E-state index in [1.165, 1.54) is 11.1 Å².